The van der Waals surface area contributed by atoms with Crippen molar-refractivity contribution in [1.82, 2.24) is 15.6 Å². The van der Waals surface area contributed by atoms with Crippen LogP contribution in [0.25, 0.3) is 0 Å². The molecule has 0 atom stereocenters. The zero-order valence-corrected chi connectivity index (χ0v) is 12.4. The summed E-state index contributed by atoms with van der Waals surface area (Å²) in [4.78, 5) is 12.0. The molecule has 1 fully saturated rings. The number of H-pyrrole nitrogens is 1. The van der Waals surface area contributed by atoms with E-state index in [1.807, 2.05) is 31.2 Å². The van der Waals surface area contributed by atoms with E-state index in [2.05, 4.69) is 20.7 Å². The number of amides is 1. The number of hydrogen-bond acceptors (Lipinski definition) is 4. The summed E-state index contributed by atoms with van der Waals surface area (Å²) in [5, 5.41) is 10.9. The van der Waals surface area contributed by atoms with Gasteiger partial charge in [-0.1, -0.05) is 12.1 Å². The number of carbonyl (C=O) groups excluding carboxylic acids is 1. The fraction of sp³-hybridized carbons (Fsp3) is 0.312. The Morgan fingerprint density at radius 3 is 3.09 bits per heavy atom. The Kier molecular flexibility index (Phi) is 4.18. The summed E-state index contributed by atoms with van der Waals surface area (Å²) >= 11 is 0. The zero-order chi connectivity index (χ0) is 15.4. The number of aromatic nitrogens is 2. The van der Waals surface area contributed by atoms with Crippen LogP contribution in [-0.2, 0) is 0 Å². The van der Waals surface area contributed by atoms with Crippen LogP contribution in [0.1, 0.15) is 47.4 Å². The highest BCUT2D eigenvalue weighted by Gasteiger charge is 2.26. The van der Waals surface area contributed by atoms with Gasteiger partial charge in [0.15, 0.2) is 5.69 Å². The van der Waals surface area contributed by atoms with Crippen molar-refractivity contribution in [3.05, 3.63) is 47.3 Å². The number of aromatic amines is 1. The summed E-state index contributed by atoms with van der Waals surface area (Å²) in [5.74, 6) is 0.947. The van der Waals surface area contributed by atoms with Crippen LogP contribution in [0.15, 0.2) is 35.4 Å². The molecule has 1 aliphatic rings. The van der Waals surface area contributed by atoms with Gasteiger partial charge in [0, 0.05) is 17.2 Å². The summed E-state index contributed by atoms with van der Waals surface area (Å²) < 4.78 is 5.49. The highest BCUT2D eigenvalue weighted by Crippen LogP contribution is 2.38. The number of hydrogen-bond donors (Lipinski definition) is 2. The molecule has 1 amide bonds. The topological polar surface area (TPSA) is 79.4 Å². The molecule has 1 heterocycles. The van der Waals surface area contributed by atoms with Crippen molar-refractivity contribution in [3.8, 4) is 5.75 Å². The molecule has 1 aliphatic carbocycles. The molecule has 0 aliphatic heterocycles. The van der Waals surface area contributed by atoms with Gasteiger partial charge in [-0.25, -0.2) is 5.43 Å². The molecule has 1 saturated carbocycles. The Bertz CT molecular complexity index is 689. The molecular formula is C16H18N4O2. The molecule has 1 aromatic heterocycles. The molecule has 3 rings (SSSR count). The molecule has 22 heavy (non-hydrogen) atoms. The maximum Gasteiger partial charge on any atom is 0.291 e. The predicted octanol–water partition coefficient (Wildman–Crippen LogP) is 2.45. The van der Waals surface area contributed by atoms with E-state index in [1.54, 1.807) is 12.3 Å². The first-order valence-electron chi connectivity index (χ1n) is 7.38. The lowest BCUT2D eigenvalue weighted by Crippen LogP contribution is -2.18. The standard InChI is InChI=1S/C16H18N4O2/c1-2-22-15-6-4-3-5-12(15)10-17-20-16(21)14-9-13(18-19-14)11-7-8-11/h3-6,9-11H,2,7-8H2,1H3,(H,18,19)(H,20,21). The van der Waals surface area contributed by atoms with Crippen LogP contribution in [0, 0.1) is 0 Å². The number of nitrogens with one attached hydrogen (secondary N) is 2. The van der Waals surface area contributed by atoms with Crippen molar-refractivity contribution in [2.45, 2.75) is 25.7 Å². The van der Waals surface area contributed by atoms with Gasteiger partial charge in [-0.15, -0.1) is 0 Å². The van der Waals surface area contributed by atoms with E-state index < -0.39 is 0 Å². The average molecular weight is 298 g/mol. The highest BCUT2D eigenvalue weighted by molar-refractivity contribution is 5.93. The molecule has 114 valence electrons. The third kappa shape index (κ3) is 3.33. The first-order valence-corrected chi connectivity index (χ1v) is 7.38. The molecule has 2 N–H and O–H groups in total. The minimum Gasteiger partial charge on any atom is -0.493 e. The Labute approximate surface area is 128 Å². The number of ether oxygens (including phenoxy) is 1. The molecule has 6 nitrogen and oxygen atoms in total. The molecule has 6 heteroatoms. The molecule has 0 bridgehead atoms. The van der Waals surface area contributed by atoms with Crippen molar-refractivity contribution in [1.29, 1.82) is 0 Å². The van der Waals surface area contributed by atoms with Gasteiger partial charge < -0.3 is 4.74 Å². The van der Waals surface area contributed by atoms with Crippen LogP contribution in [0.5, 0.6) is 5.75 Å². The van der Waals surface area contributed by atoms with E-state index in [4.69, 9.17) is 4.74 Å². The first-order chi connectivity index (χ1) is 10.8. The second-order valence-electron chi connectivity index (χ2n) is 5.15. The molecule has 0 unspecified atom stereocenters. The Morgan fingerprint density at radius 1 is 1.50 bits per heavy atom. The Morgan fingerprint density at radius 2 is 2.32 bits per heavy atom. The lowest BCUT2D eigenvalue weighted by molar-refractivity contribution is 0.0950. The largest absolute Gasteiger partial charge is 0.493 e. The zero-order valence-electron chi connectivity index (χ0n) is 12.4. The van der Waals surface area contributed by atoms with Crippen molar-refractivity contribution >= 4 is 12.1 Å². The lowest BCUT2D eigenvalue weighted by Gasteiger charge is -2.05. The monoisotopic (exact) mass is 298 g/mol. The Hall–Kier alpha value is -2.63. The van der Waals surface area contributed by atoms with E-state index >= 15 is 0 Å². The quantitative estimate of drug-likeness (QED) is 0.635. The Balaban J connectivity index is 1.62. The number of hydrazone groups is 1. The van der Waals surface area contributed by atoms with E-state index in [0.717, 1.165) is 29.8 Å². The van der Waals surface area contributed by atoms with Gasteiger partial charge in [0.05, 0.1) is 12.8 Å². The van der Waals surface area contributed by atoms with Crippen LogP contribution < -0.4 is 10.2 Å². The maximum absolute atomic E-state index is 12.0. The van der Waals surface area contributed by atoms with Gasteiger partial charge in [0.25, 0.3) is 5.91 Å². The number of rotatable bonds is 6. The predicted molar refractivity (Wildman–Crippen MR) is 83.2 cm³/mol. The maximum atomic E-state index is 12.0. The summed E-state index contributed by atoms with van der Waals surface area (Å²) in [6.45, 7) is 2.50. The van der Waals surface area contributed by atoms with Gasteiger partial charge in [0.2, 0.25) is 0 Å². The van der Waals surface area contributed by atoms with Gasteiger partial charge in [0.1, 0.15) is 5.75 Å². The van der Waals surface area contributed by atoms with Crippen molar-refractivity contribution < 1.29 is 9.53 Å². The van der Waals surface area contributed by atoms with E-state index in [0.29, 0.717) is 18.2 Å². The summed E-state index contributed by atoms with van der Waals surface area (Å²) in [6.07, 6.45) is 3.89. The SMILES string of the molecule is CCOc1ccccc1C=NNC(=O)c1cc(C2CC2)[nH]n1. The van der Waals surface area contributed by atoms with Gasteiger partial charge in [-0.2, -0.15) is 10.2 Å². The highest BCUT2D eigenvalue weighted by atomic mass is 16.5. The molecule has 0 radical (unpaired) electrons. The van der Waals surface area contributed by atoms with Crippen molar-refractivity contribution in [2.24, 2.45) is 5.10 Å². The van der Waals surface area contributed by atoms with E-state index in [1.165, 1.54) is 0 Å². The summed E-state index contributed by atoms with van der Waals surface area (Å²) in [5.41, 5.74) is 4.67. The van der Waals surface area contributed by atoms with Crippen LogP contribution in [0.3, 0.4) is 0 Å². The summed E-state index contributed by atoms with van der Waals surface area (Å²) in [7, 11) is 0. The molecule has 0 saturated heterocycles. The van der Waals surface area contributed by atoms with Crippen LogP contribution in [0.2, 0.25) is 0 Å². The second-order valence-corrected chi connectivity index (χ2v) is 5.15. The number of para-hydroxylation sites is 1. The summed E-state index contributed by atoms with van der Waals surface area (Å²) in [6, 6.07) is 9.31. The third-order valence-corrected chi connectivity index (χ3v) is 3.44. The number of benzene rings is 1. The molecule has 1 aromatic carbocycles. The van der Waals surface area contributed by atoms with Gasteiger partial charge in [-0.3, -0.25) is 9.89 Å². The lowest BCUT2D eigenvalue weighted by atomic mass is 10.2. The third-order valence-electron chi connectivity index (χ3n) is 3.44. The first kappa shape index (κ1) is 14.3. The van der Waals surface area contributed by atoms with Crippen LogP contribution in [-0.4, -0.2) is 28.9 Å². The second kappa shape index (κ2) is 6.43. The van der Waals surface area contributed by atoms with Gasteiger partial charge in [-0.05, 0) is 38.0 Å². The molecule has 0 spiro atoms. The van der Waals surface area contributed by atoms with E-state index in [-0.39, 0.29) is 5.91 Å². The molecule has 2 aromatic rings. The fourth-order valence-electron chi connectivity index (χ4n) is 2.15. The van der Waals surface area contributed by atoms with E-state index in [9.17, 15) is 4.79 Å². The number of nitrogens with zero attached hydrogens (tertiary/aromatic N) is 2. The van der Waals surface area contributed by atoms with Crippen molar-refractivity contribution in [2.75, 3.05) is 6.61 Å². The minimum absolute atomic E-state index is 0.326. The van der Waals surface area contributed by atoms with Crippen molar-refractivity contribution in [3.63, 3.8) is 0 Å². The van der Waals surface area contributed by atoms with Gasteiger partial charge >= 0.3 is 0 Å². The fourth-order valence-corrected chi connectivity index (χ4v) is 2.15. The van der Waals surface area contributed by atoms with Crippen LogP contribution in [0.4, 0.5) is 0 Å². The average Bonchev–Trinajstić information content (AvgIpc) is 3.26. The number of carbonyl (C=O) groups is 1. The molecular weight excluding hydrogens is 280 g/mol. The minimum atomic E-state index is -0.326. The normalized spacial score (nSPS) is 14.2. The van der Waals surface area contributed by atoms with Crippen LogP contribution >= 0.6 is 0 Å². The smallest absolute Gasteiger partial charge is 0.291 e.